The molecule has 0 spiro atoms. The Morgan fingerprint density at radius 2 is 0.938 bits per heavy atom. The Morgan fingerprint density at radius 1 is 0.562 bits per heavy atom. The van der Waals surface area contributed by atoms with Crippen molar-refractivity contribution in [2.75, 3.05) is 0 Å². The zero-order valence-electron chi connectivity index (χ0n) is 30.6. The molecule has 4 aromatic carbocycles. The van der Waals surface area contributed by atoms with E-state index in [4.69, 9.17) is 17.0 Å². The molecule has 2 atom stereocenters. The van der Waals surface area contributed by atoms with Crippen molar-refractivity contribution in [2.45, 2.75) is 88.6 Å². The third kappa shape index (κ3) is 5.86. The van der Waals surface area contributed by atoms with Gasteiger partial charge in [-0.05, 0) is 0 Å². The number of hydrogen-bond acceptors (Lipinski definition) is 0. The van der Waals surface area contributed by atoms with Gasteiger partial charge in [-0.2, -0.15) is 0 Å². The van der Waals surface area contributed by atoms with E-state index in [1.54, 1.807) is 0 Å². The molecular formula is C44H53Cl2SiZr. The average molecular weight is 772 g/mol. The van der Waals surface area contributed by atoms with E-state index in [1.807, 2.05) is 0 Å². The SMILES string of the molecule is Cc1ccccc1-c1c(C)ccc2c1C=C(CC(C)C)[CH]2[Zr]([Cl])([Cl])([CH]1C(CC(C)C)=Cc2c1ccc(C)c2-c1ccccc1C)[SiH](C)C. The molecule has 0 bridgehead atoms. The number of aryl methyl sites for hydroxylation is 4. The van der Waals surface area contributed by atoms with Gasteiger partial charge >= 0.3 is 302 Å². The molecule has 6 rings (SSSR count). The summed E-state index contributed by atoms with van der Waals surface area (Å²) in [5.74, 6) is -0.654. The normalized spacial score (nSPS) is 18.2. The number of hydrogen-bond donors (Lipinski definition) is 0. The molecule has 0 heterocycles. The van der Waals surface area contributed by atoms with E-state index < -0.39 is 21.5 Å². The zero-order valence-corrected chi connectivity index (χ0v) is 35.8. The number of fused-ring (bicyclic) bond motifs is 2. The molecule has 2 unspecified atom stereocenters. The van der Waals surface area contributed by atoms with E-state index in [2.05, 4.69) is 153 Å². The van der Waals surface area contributed by atoms with Crippen LogP contribution in [0.15, 0.2) is 83.9 Å². The van der Waals surface area contributed by atoms with Gasteiger partial charge in [-0.25, -0.2) is 0 Å². The number of allylic oxidation sites excluding steroid dienone is 2. The molecule has 2 aliphatic rings. The van der Waals surface area contributed by atoms with Crippen LogP contribution in [0, 0.1) is 39.5 Å². The first-order chi connectivity index (χ1) is 22.6. The van der Waals surface area contributed by atoms with Gasteiger partial charge in [0.1, 0.15) is 0 Å². The molecule has 0 N–H and O–H groups in total. The van der Waals surface area contributed by atoms with Crippen molar-refractivity contribution in [3.05, 3.63) is 128 Å². The number of benzene rings is 4. The fourth-order valence-electron chi connectivity index (χ4n) is 9.09. The molecule has 48 heavy (non-hydrogen) atoms. The van der Waals surface area contributed by atoms with Crippen LogP contribution in [0.5, 0.6) is 0 Å². The number of halogens is 2. The molecule has 2 aliphatic carbocycles. The van der Waals surface area contributed by atoms with E-state index >= 15 is 0 Å². The molecule has 0 aromatic heterocycles. The summed E-state index contributed by atoms with van der Waals surface area (Å²) >= 11 is -4.92. The minimum atomic E-state index is -4.92. The topological polar surface area (TPSA) is 0 Å². The van der Waals surface area contributed by atoms with Crippen LogP contribution in [0.3, 0.4) is 0 Å². The summed E-state index contributed by atoms with van der Waals surface area (Å²) in [5, 5.41) is 0. The Labute approximate surface area is 299 Å². The quantitative estimate of drug-likeness (QED) is 0.149. The molecule has 0 saturated carbocycles. The summed E-state index contributed by atoms with van der Waals surface area (Å²) in [7, 11) is 17.7. The van der Waals surface area contributed by atoms with Crippen LogP contribution in [0.2, 0.25) is 13.1 Å². The summed E-state index contributed by atoms with van der Waals surface area (Å²) in [6.07, 6.45) is 7.11. The van der Waals surface area contributed by atoms with Crippen LogP contribution in [0.1, 0.15) is 92.3 Å². The second-order valence-electron chi connectivity index (χ2n) is 16.0. The van der Waals surface area contributed by atoms with Gasteiger partial charge in [-0.3, -0.25) is 0 Å². The summed E-state index contributed by atoms with van der Waals surface area (Å²) in [6, 6.07) is 27.2. The third-order valence-corrected chi connectivity index (χ3v) is 63.2. The van der Waals surface area contributed by atoms with Crippen LogP contribution >= 0.6 is 17.0 Å². The first-order valence-electron chi connectivity index (χ1n) is 18.0. The van der Waals surface area contributed by atoms with Crippen LogP contribution in [-0.4, -0.2) is 5.92 Å². The molecule has 0 radical (unpaired) electrons. The van der Waals surface area contributed by atoms with Crippen molar-refractivity contribution in [1.29, 1.82) is 0 Å². The van der Waals surface area contributed by atoms with Gasteiger partial charge in [0.25, 0.3) is 0 Å². The Hall–Kier alpha value is -1.96. The second kappa shape index (κ2) is 13.3. The van der Waals surface area contributed by atoms with E-state index in [0.717, 1.165) is 12.8 Å². The first kappa shape index (κ1) is 35.9. The summed E-state index contributed by atoms with van der Waals surface area (Å²) in [4.78, 5) is 0. The molecule has 0 saturated heterocycles. The first-order valence-corrected chi connectivity index (χ1v) is 34.3. The second-order valence-corrected chi connectivity index (χ2v) is 58.5. The maximum absolute atomic E-state index is 8.85. The third-order valence-electron chi connectivity index (χ3n) is 11.3. The van der Waals surface area contributed by atoms with Crippen molar-refractivity contribution < 1.29 is 15.6 Å². The number of rotatable bonds is 9. The molecule has 4 aromatic rings. The van der Waals surface area contributed by atoms with E-state index in [1.165, 1.54) is 77.9 Å². The fourth-order valence-corrected chi connectivity index (χ4v) is 40.5. The summed E-state index contributed by atoms with van der Waals surface area (Å²) < 4.78 is 0.189. The van der Waals surface area contributed by atoms with Gasteiger partial charge in [-0.15, -0.1) is 0 Å². The van der Waals surface area contributed by atoms with Gasteiger partial charge in [0.2, 0.25) is 0 Å². The molecule has 251 valence electrons. The maximum atomic E-state index is 8.85. The molecule has 0 amide bonds. The van der Waals surface area contributed by atoms with Crippen molar-refractivity contribution in [1.82, 2.24) is 0 Å². The van der Waals surface area contributed by atoms with Crippen molar-refractivity contribution in [2.24, 2.45) is 11.8 Å². The summed E-state index contributed by atoms with van der Waals surface area (Å²) in [5.41, 5.74) is 19.0. The van der Waals surface area contributed by atoms with Crippen LogP contribution in [0.25, 0.3) is 34.4 Å². The van der Waals surface area contributed by atoms with Gasteiger partial charge in [0, 0.05) is 0 Å². The molecule has 0 aliphatic heterocycles. The zero-order chi connectivity index (χ0) is 34.7. The van der Waals surface area contributed by atoms with Crippen molar-refractivity contribution >= 4 is 35.1 Å². The molecule has 0 nitrogen and oxygen atoms in total. The monoisotopic (exact) mass is 769 g/mol. The van der Waals surface area contributed by atoms with Crippen molar-refractivity contribution in [3.63, 3.8) is 0 Å². The van der Waals surface area contributed by atoms with Gasteiger partial charge in [0.05, 0.1) is 0 Å². The fraction of sp³-hybridized carbons (Fsp3) is 0.364. The predicted molar refractivity (Wildman–Crippen MR) is 214 cm³/mol. The molecule has 4 heteroatoms. The standard InChI is InChI=1S/2C21H23.C2H7Si.2ClH.Zr/c2*1-14(2)11-17-12-18-10-9-16(4)21(20(18)13-17)19-8-6-5-7-15(19)3;1-3-2;;;/h2*5-10,12-14H,11H2,1-4H3;3H,1-2H3;2*1H;/q;;;;;+2/p-2. The Morgan fingerprint density at radius 3 is 1.27 bits per heavy atom. The minimum absolute atomic E-state index is 0.0944. The van der Waals surface area contributed by atoms with Gasteiger partial charge in [-0.1, -0.05) is 0 Å². The van der Waals surface area contributed by atoms with E-state index in [9.17, 15) is 0 Å². The molecular weight excluding hydrogens is 719 g/mol. The van der Waals surface area contributed by atoms with Crippen LogP contribution < -0.4 is 0 Å². The Balaban J connectivity index is 1.67. The van der Waals surface area contributed by atoms with Crippen molar-refractivity contribution in [3.8, 4) is 22.3 Å². The predicted octanol–water partition coefficient (Wildman–Crippen LogP) is 13.9. The van der Waals surface area contributed by atoms with E-state index in [-0.39, 0.29) is 7.25 Å². The van der Waals surface area contributed by atoms with Crippen LogP contribution in [-0.2, 0) is 15.6 Å². The molecule has 0 fully saturated rings. The van der Waals surface area contributed by atoms with Crippen LogP contribution in [0.4, 0.5) is 0 Å². The Bertz CT molecular complexity index is 1830. The van der Waals surface area contributed by atoms with Gasteiger partial charge in [0.15, 0.2) is 0 Å². The average Bonchev–Trinajstić information content (AvgIpc) is 3.56. The van der Waals surface area contributed by atoms with Gasteiger partial charge < -0.3 is 0 Å². The Kier molecular flexibility index (Phi) is 9.93. The van der Waals surface area contributed by atoms with E-state index in [0.29, 0.717) is 11.8 Å². The summed E-state index contributed by atoms with van der Waals surface area (Å²) in [6.45, 7) is 23.4.